The third-order valence-corrected chi connectivity index (χ3v) is 6.06. The highest BCUT2D eigenvalue weighted by molar-refractivity contribution is 7.92. The molecule has 0 spiro atoms. The third-order valence-electron chi connectivity index (χ3n) is 4.71. The summed E-state index contributed by atoms with van der Waals surface area (Å²) in [5.41, 5.74) is 0.886. The molecule has 11 nitrogen and oxygen atoms in total. The van der Waals surface area contributed by atoms with Crippen molar-refractivity contribution in [1.82, 2.24) is 4.57 Å². The van der Waals surface area contributed by atoms with Gasteiger partial charge in [-0.2, -0.15) is 0 Å². The zero-order chi connectivity index (χ0) is 25.2. The number of aromatic nitrogens is 1. The van der Waals surface area contributed by atoms with E-state index in [0.717, 1.165) is 22.9 Å². The highest BCUT2D eigenvalue weighted by Gasteiger charge is 2.19. The van der Waals surface area contributed by atoms with Gasteiger partial charge in [-0.25, -0.2) is 13.2 Å². The summed E-state index contributed by atoms with van der Waals surface area (Å²) < 4.78 is 34.7. The number of ether oxygens (including phenoxy) is 1. The van der Waals surface area contributed by atoms with Crippen LogP contribution in [0.5, 0.6) is 17.2 Å². The minimum Gasteiger partial charge on any atom is -0.506 e. The summed E-state index contributed by atoms with van der Waals surface area (Å²) in [5, 5.41) is 21.2. The number of anilines is 2. The van der Waals surface area contributed by atoms with Crippen LogP contribution in [0.2, 0.25) is 0 Å². The molecule has 0 saturated carbocycles. The summed E-state index contributed by atoms with van der Waals surface area (Å²) in [7, 11) is -2.71. The number of carboxylic acids is 1. The maximum Gasteiger partial charge on any atom is 0.394 e. The first-order valence-electron chi connectivity index (χ1n) is 9.73. The lowest BCUT2D eigenvalue weighted by atomic mass is 10.1. The molecule has 1 heterocycles. The molecular weight excluding hydrogens is 466 g/mol. The minimum absolute atomic E-state index is 0.146. The van der Waals surface area contributed by atoms with Crippen LogP contribution in [-0.2, 0) is 26.7 Å². The number of aryl methyl sites for hydroxylation is 3. The Bertz CT molecular complexity index is 1440. The normalized spacial score (nSPS) is 11.0. The van der Waals surface area contributed by atoms with E-state index in [9.17, 15) is 27.9 Å². The number of amides is 1. The number of carboxylic acid groups (broad SMARTS) is 1. The molecule has 0 aliphatic rings. The van der Waals surface area contributed by atoms with E-state index in [1.807, 2.05) is 0 Å². The van der Waals surface area contributed by atoms with Crippen LogP contribution in [0.4, 0.5) is 11.4 Å². The molecule has 0 fully saturated rings. The second-order valence-electron chi connectivity index (χ2n) is 7.40. The third kappa shape index (κ3) is 5.35. The first-order valence-corrected chi connectivity index (χ1v) is 11.2. The van der Waals surface area contributed by atoms with Gasteiger partial charge in [0.15, 0.2) is 0 Å². The van der Waals surface area contributed by atoms with Gasteiger partial charge in [0.05, 0.1) is 5.69 Å². The molecule has 0 saturated heterocycles. The van der Waals surface area contributed by atoms with Crippen LogP contribution in [0, 0.1) is 13.8 Å². The number of pyridine rings is 1. The molecule has 178 valence electrons. The van der Waals surface area contributed by atoms with E-state index in [1.165, 1.54) is 37.4 Å². The summed E-state index contributed by atoms with van der Waals surface area (Å²) in [4.78, 5) is 33.5. The Kier molecular flexibility index (Phi) is 6.63. The maximum atomic E-state index is 12.7. The average molecular weight is 487 g/mol. The van der Waals surface area contributed by atoms with Crippen molar-refractivity contribution in [2.75, 3.05) is 10.0 Å². The van der Waals surface area contributed by atoms with E-state index >= 15 is 0 Å². The van der Waals surface area contributed by atoms with E-state index in [-0.39, 0.29) is 33.3 Å². The molecular formula is C22H21N3O8S. The number of aromatic hydroxyl groups is 1. The Morgan fingerprint density at radius 2 is 1.68 bits per heavy atom. The first-order chi connectivity index (χ1) is 15.9. The fourth-order valence-electron chi connectivity index (χ4n) is 3.08. The molecule has 1 amide bonds. The zero-order valence-electron chi connectivity index (χ0n) is 18.3. The van der Waals surface area contributed by atoms with Crippen LogP contribution in [0.3, 0.4) is 0 Å². The van der Waals surface area contributed by atoms with Crippen LogP contribution >= 0.6 is 0 Å². The number of aliphatic carboxylic acids is 1. The molecule has 3 rings (SSSR count). The Hall–Kier alpha value is -4.32. The summed E-state index contributed by atoms with van der Waals surface area (Å²) >= 11 is 0. The zero-order valence-corrected chi connectivity index (χ0v) is 19.1. The van der Waals surface area contributed by atoms with E-state index in [2.05, 4.69) is 10.0 Å². The predicted octanol–water partition coefficient (Wildman–Crippen LogP) is 2.32. The minimum atomic E-state index is -4.12. The number of phenols is 1. The van der Waals surface area contributed by atoms with Gasteiger partial charge in [-0.15, -0.1) is 0 Å². The number of hydrogen-bond donors (Lipinski definition) is 4. The average Bonchev–Trinajstić information content (AvgIpc) is 2.74. The number of sulfonamides is 1. The van der Waals surface area contributed by atoms with E-state index in [0.29, 0.717) is 16.9 Å². The monoisotopic (exact) mass is 487 g/mol. The van der Waals surface area contributed by atoms with Crippen LogP contribution in [-0.4, -0.2) is 35.1 Å². The van der Waals surface area contributed by atoms with Gasteiger partial charge >= 0.3 is 11.9 Å². The Morgan fingerprint density at radius 3 is 2.26 bits per heavy atom. The van der Waals surface area contributed by atoms with Crippen molar-refractivity contribution in [3.8, 4) is 17.2 Å². The van der Waals surface area contributed by atoms with E-state index in [4.69, 9.17) is 9.84 Å². The Labute approximate surface area is 194 Å². The molecule has 0 unspecified atom stereocenters. The van der Waals surface area contributed by atoms with Gasteiger partial charge in [0.25, 0.3) is 10.0 Å². The standard InChI is InChI=1S/C22H21N3O8S/c1-12-8-14(23-21(28)22(29)30)9-13(2)20(12)33-15-4-6-18(26)17(10-15)24-34(31,32)16-5-7-19(27)25(3)11-16/h4-11,24,26H,1-3H3,(H,23,28)(H,29,30). The second kappa shape index (κ2) is 9.27. The first kappa shape index (κ1) is 24.3. The Balaban J connectivity index is 1.88. The number of carbonyl (C=O) groups is 2. The van der Waals surface area contributed by atoms with Crippen LogP contribution in [0.1, 0.15) is 11.1 Å². The van der Waals surface area contributed by atoms with Crippen molar-refractivity contribution >= 4 is 33.3 Å². The van der Waals surface area contributed by atoms with Gasteiger partial charge in [0.1, 0.15) is 22.1 Å². The number of carbonyl (C=O) groups excluding carboxylic acids is 1. The lowest BCUT2D eigenvalue weighted by Gasteiger charge is -2.16. The summed E-state index contributed by atoms with van der Waals surface area (Å²) in [6.07, 6.45) is 1.15. The predicted molar refractivity (Wildman–Crippen MR) is 123 cm³/mol. The number of nitrogens with zero attached hydrogens (tertiary/aromatic N) is 1. The topological polar surface area (TPSA) is 164 Å². The van der Waals surface area contributed by atoms with Crippen LogP contribution in [0.15, 0.2) is 58.4 Å². The lowest BCUT2D eigenvalue weighted by molar-refractivity contribution is -0.147. The molecule has 0 atom stereocenters. The fraction of sp³-hybridized carbons (Fsp3) is 0.136. The number of hydrogen-bond acceptors (Lipinski definition) is 7. The van der Waals surface area contributed by atoms with E-state index < -0.39 is 21.9 Å². The van der Waals surface area contributed by atoms with Gasteiger partial charge in [0.2, 0.25) is 5.56 Å². The largest absolute Gasteiger partial charge is 0.506 e. The quantitative estimate of drug-likeness (QED) is 0.304. The fourth-order valence-corrected chi connectivity index (χ4v) is 4.19. The maximum absolute atomic E-state index is 12.7. The van der Waals surface area contributed by atoms with Gasteiger partial charge in [-0.1, -0.05) is 0 Å². The molecule has 0 radical (unpaired) electrons. The summed E-state index contributed by atoms with van der Waals surface area (Å²) in [6, 6.07) is 9.27. The summed E-state index contributed by atoms with van der Waals surface area (Å²) in [5.74, 6) is -2.55. The molecule has 2 aromatic carbocycles. The van der Waals surface area contributed by atoms with Crippen molar-refractivity contribution in [1.29, 1.82) is 0 Å². The van der Waals surface area contributed by atoms with Crippen LogP contribution < -0.4 is 20.3 Å². The molecule has 4 N–H and O–H groups in total. The summed E-state index contributed by atoms with van der Waals surface area (Å²) in [6.45, 7) is 3.37. The van der Waals surface area contributed by atoms with Gasteiger partial charge in [-0.05, 0) is 55.3 Å². The molecule has 12 heteroatoms. The number of benzene rings is 2. The molecule has 1 aromatic heterocycles. The van der Waals surface area contributed by atoms with Crippen molar-refractivity contribution in [2.45, 2.75) is 18.7 Å². The molecule has 34 heavy (non-hydrogen) atoms. The van der Waals surface area contributed by atoms with Gasteiger partial charge < -0.3 is 24.8 Å². The SMILES string of the molecule is Cc1cc(NC(=O)C(=O)O)cc(C)c1Oc1ccc(O)c(NS(=O)(=O)c2ccc(=O)n(C)c2)c1. The molecule has 0 aliphatic carbocycles. The number of phenolic OH excluding ortho intramolecular Hbond substituents is 1. The number of nitrogens with one attached hydrogen (secondary N) is 2. The van der Waals surface area contributed by atoms with Gasteiger partial charge in [-0.3, -0.25) is 14.3 Å². The van der Waals surface area contributed by atoms with Crippen molar-refractivity contribution in [3.05, 3.63) is 70.1 Å². The molecule has 3 aromatic rings. The van der Waals surface area contributed by atoms with Crippen molar-refractivity contribution < 1.29 is 33.0 Å². The highest BCUT2D eigenvalue weighted by atomic mass is 32.2. The van der Waals surface area contributed by atoms with Crippen molar-refractivity contribution in [2.24, 2.45) is 7.05 Å². The second-order valence-corrected chi connectivity index (χ2v) is 9.08. The number of rotatable bonds is 6. The Morgan fingerprint density at radius 1 is 1.03 bits per heavy atom. The lowest BCUT2D eigenvalue weighted by Crippen LogP contribution is -2.21. The molecule has 0 aliphatic heterocycles. The van der Waals surface area contributed by atoms with Crippen LogP contribution in [0.25, 0.3) is 0 Å². The van der Waals surface area contributed by atoms with E-state index in [1.54, 1.807) is 13.8 Å². The van der Waals surface area contributed by atoms with Crippen molar-refractivity contribution in [3.63, 3.8) is 0 Å². The molecule has 0 bridgehead atoms. The smallest absolute Gasteiger partial charge is 0.394 e. The van der Waals surface area contributed by atoms with Gasteiger partial charge in [0, 0.05) is 31.1 Å². The highest BCUT2D eigenvalue weighted by Crippen LogP contribution is 2.35.